The quantitative estimate of drug-likeness (QED) is 0.804. The van der Waals surface area contributed by atoms with E-state index in [-0.39, 0.29) is 11.1 Å². The summed E-state index contributed by atoms with van der Waals surface area (Å²) in [6.45, 7) is 0. The van der Waals surface area contributed by atoms with Crippen LogP contribution in [0.4, 0.5) is 16.0 Å². The van der Waals surface area contributed by atoms with Gasteiger partial charge in [-0.15, -0.1) is 0 Å². The molecule has 0 atom stereocenters. The summed E-state index contributed by atoms with van der Waals surface area (Å²) < 4.78 is 14.9. The number of phenols is 1. The molecule has 0 radical (unpaired) electrons. The molecule has 122 valence electrons. The highest BCUT2D eigenvalue weighted by Gasteiger charge is 2.14. The van der Waals surface area contributed by atoms with Crippen LogP contribution in [-0.4, -0.2) is 21.7 Å². The van der Waals surface area contributed by atoms with Gasteiger partial charge in [-0.25, -0.2) is 9.37 Å². The number of para-hydroxylation sites is 1. The maximum atomic E-state index is 13.5. The molecule has 0 aliphatic heterocycles. The number of halogens is 1. The second kappa shape index (κ2) is 6.16. The monoisotopic (exact) mass is 325 g/mol. The first kappa shape index (κ1) is 15.7. The highest BCUT2D eigenvalue weighted by atomic mass is 19.1. The van der Waals surface area contributed by atoms with Crippen LogP contribution in [0.25, 0.3) is 11.1 Å². The maximum absolute atomic E-state index is 13.5. The topological polar surface area (TPSA) is 58.4 Å². The van der Waals surface area contributed by atoms with Crippen molar-refractivity contribution in [2.75, 3.05) is 11.9 Å². The summed E-state index contributed by atoms with van der Waals surface area (Å²) in [4.78, 5) is 18.8. The molecule has 0 spiro atoms. The Balaban J connectivity index is 2.06. The van der Waals surface area contributed by atoms with Gasteiger partial charge >= 0.3 is 0 Å². The molecule has 0 unspecified atom stereocenters. The van der Waals surface area contributed by atoms with Gasteiger partial charge in [0.2, 0.25) is 5.95 Å². The van der Waals surface area contributed by atoms with Crippen LogP contribution in [0.2, 0.25) is 0 Å². The average molecular weight is 325 g/mol. The predicted molar refractivity (Wildman–Crippen MR) is 91.0 cm³/mol. The van der Waals surface area contributed by atoms with E-state index >= 15 is 0 Å². The van der Waals surface area contributed by atoms with Gasteiger partial charge in [-0.1, -0.05) is 24.3 Å². The summed E-state index contributed by atoms with van der Waals surface area (Å²) in [7, 11) is 3.43. The first-order valence-corrected chi connectivity index (χ1v) is 7.32. The third-order valence-electron chi connectivity index (χ3n) is 3.85. The van der Waals surface area contributed by atoms with Gasteiger partial charge < -0.3 is 10.0 Å². The van der Waals surface area contributed by atoms with Crippen LogP contribution in [0.15, 0.2) is 59.5 Å². The molecule has 0 aliphatic rings. The summed E-state index contributed by atoms with van der Waals surface area (Å²) in [6.07, 6.45) is 1.42. The number of nitrogens with zero attached hydrogens (tertiary/aromatic N) is 3. The standard InChI is InChI=1S/C18H16FN3O2/c1-21(13-6-4-3-5-7-13)18-20-11-14(17(24)22(18)2)12-8-9-16(23)15(19)10-12/h3-11,23H,1-2H3. The zero-order valence-corrected chi connectivity index (χ0v) is 13.3. The second-order valence-corrected chi connectivity index (χ2v) is 5.40. The number of phenolic OH excluding ortho intramolecular Hbond substituents is 1. The van der Waals surface area contributed by atoms with Gasteiger partial charge in [-0.2, -0.15) is 0 Å². The summed E-state index contributed by atoms with van der Waals surface area (Å²) in [5.74, 6) is -0.766. The summed E-state index contributed by atoms with van der Waals surface area (Å²) >= 11 is 0. The SMILES string of the molecule is CN(c1ccccc1)c1ncc(-c2ccc(O)c(F)c2)c(=O)n1C. The van der Waals surface area contributed by atoms with Crippen LogP contribution in [0.1, 0.15) is 0 Å². The van der Waals surface area contributed by atoms with Gasteiger partial charge in [0.05, 0.1) is 5.56 Å². The minimum atomic E-state index is -0.778. The molecule has 1 heterocycles. The highest BCUT2D eigenvalue weighted by Crippen LogP contribution is 2.24. The Morgan fingerprint density at radius 2 is 1.88 bits per heavy atom. The molecule has 3 rings (SSSR count). The fraction of sp³-hybridized carbons (Fsp3) is 0.111. The number of hydrogen-bond acceptors (Lipinski definition) is 4. The van der Waals surface area contributed by atoms with Crippen molar-refractivity contribution < 1.29 is 9.50 Å². The van der Waals surface area contributed by atoms with Crippen molar-refractivity contribution in [3.05, 3.63) is 70.9 Å². The molecule has 0 amide bonds. The van der Waals surface area contributed by atoms with Crippen molar-refractivity contribution in [2.45, 2.75) is 0 Å². The fourth-order valence-corrected chi connectivity index (χ4v) is 2.49. The van der Waals surface area contributed by atoms with Crippen LogP contribution < -0.4 is 10.5 Å². The molecule has 3 aromatic rings. The smallest absolute Gasteiger partial charge is 0.262 e. The molecule has 0 fully saturated rings. The zero-order valence-electron chi connectivity index (χ0n) is 13.3. The van der Waals surface area contributed by atoms with Crippen LogP contribution in [0.3, 0.4) is 0 Å². The number of benzene rings is 2. The number of aromatic hydroxyl groups is 1. The second-order valence-electron chi connectivity index (χ2n) is 5.40. The number of aromatic nitrogens is 2. The molecular formula is C18H16FN3O2. The number of anilines is 2. The van der Waals surface area contributed by atoms with Crippen molar-refractivity contribution in [2.24, 2.45) is 7.05 Å². The van der Waals surface area contributed by atoms with E-state index in [9.17, 15) is 14.3 Å². The average Bonchev–Trinajstić information content (AvgIpc) is 2.60. The first-order chi connectivity index (χ1) is 11.5. The first-order valence-electron chi connectivity index (χ1n) is 7.32. The lowest BCUT2D eigenvalue weighted by Gasteiger charge is -2.21. The highest BCUT2D eigenvalue weighted by molar-refractivity contribution is 5.64. The lowest BCUT2D eigenvalue weighted by molar-refractivity contribution is 0.432. The van der Waals surface area contributed by atoms with E-state index in [4.69, 9.17) is 0 Å². The lowest BCUT2D eigenvalue weighted by atomic mass is 10.1. The fourth-order valence-electron chi connectivity index (χ4n) is 2.49. The van der Waals surface area contributed by atoms with Gasteiger partial charge in [-0.05, 0) is 29.8 Å². The maximum Gasteiger partial charge on any atom is 0.262 e. The minimum Gasteiger partial charge on any atom is -0.505 e. The molecule has 24 heavy (non-hydrogen) atoms. The van der Waals surface area contributed by atoms with E-state index in [0.29, 0.717) is 11.5 Å². The van der Waals surface area contributed by atoms with E-state index < -0.39 is 11.6 Å². The van der Waals surface area contributed by atoms with E-state index in [1.165, 1.54) is 22.9 Å². The number of rotatable bonds is 3. The van der Waals surface area contributed by atoms with Crippen molar-refractivity contribution in [1.82, 2.24) is 9.55 Å². The minimum absolute atomic E-state index is 0.265. The van der Waals surface area contributed by atoms with Gasteiger partial charge in [-0.3, -0.25) is 9.36 Å². The van der Waals surface area contributed by atoms with Gasteiger partial charge in [0.15, 0.2) is 11.6 Å². The van der Waals surface area contributed by atoms with Gasteiger partial charge in [0.25, 0.3) is 5.56 Å². The van der Waals surface area contributed by atoms with Gasteiger partial charge in [0, 0.05) is 26.0 Å². The van der Waals surface area contributed by atoms with E-state index in [0.717, 1.165) is 11.8 Å². The third-order valence-corrected chi connectivity index (χ3v) is 3.85. The van der Waals surface area contributed by atoms with Crippen molar-refractivity contribution >= 4 is 11.6 Å². The molecule has 0 bridgehead atoms. The Hall–Kier alpha value is -3.15. The van der Waals surface area contributed by atoms with Gasteiger partial charge in [0.1, 0.15) is 0 Å². The molecule has 1 aromatic heterocycles. The molecule has 1 N–H and O–H groups in total. The molecule has 0 saturated heterocycles. The Morgan fingerprint density at radius 3 is 2.54 bits per heavy atom. The zero-order chi connectivity index (χ0) is 17.3. The van der Waals surface area contributed by atoms with E-state index in [1.807, 2.05) is 37.4 Å². The largest absolute Gasteiger partial charge is 0.505 e. The molecular weight excluding hydrogens is 309 g/mol. The van der Waals surface area contributed by atoms with Crippen LogP contribution in [0.5, 0.6) is 5.75 Å². The summed E-state index contributed by atoms with van der Waals surface area (Å²) in [5.41, 5.74) is 1.23. The van der Waals surface area contributed by atoms with E-state index in [1.54, 1.807) is 11.9 Å². The van der Waals surface area contributed by atoms with Crippen molar-refractivity contribution in [3.8, 4) is 16.9 Å². The summed E-state index contributed by atoms with van der Waals surface area (Å²) in [6, 6.07) is 13.4. The molecule has 0 saturated carbocycles. The van der Waals surface area contributed by atoms with Crippen LogP contribution in [-0.2, 0) is 7.05 Å². The molecule has 5 nitrogen and oxygen atoms in total. The third kappa shape index (κ3) is 2.74. The molecule has 0 aliphatic carbocycles. The Kier molecular flexibility index (Phi) is 4.04. The van der Waals surface area contributed by atoms with E-state index in [2.05, 4.69) is 4.98 Å². The lowest BCUT2D eigenvalue weighted by Crippen LogP contribution is -2.26. The van der Waals surface area contributed by atoms with Crippen molar-refractivity contribution in [3.63, 3.8) is 0 Å². The van der Waals surface area contributed by atoms with Crippen LogP contribution in [0, 0.1) is 5.82 Å². The Labute approximate surface area is 138 Å². The molecule has 2 aromatic carbocycles. The summed E-state index contributed by atoms with van der Waals surface area (Å²) in [5, 5.41) is 9.28. The van der Waals surface area contributed by atoms with Crippen molar-refractivity contribution in [1.29, 1.82) is 0 Å². The predicted octanol–water partition coefficient (Wildman–Crippen LogP) is 3.06. The Morgan fingerprint density at radius 1 is 1.17 bits per heavy atom. The molecule has 6 heteroatoms. The number of hydrogen-bond donors (Lipinski definition) is 1. The Bertz CT molecular complexity index is 939. The van der Waals surface area contributed by atoms with Crippen LogP contribution >= 0.6 is 0 Å². The normalized spacial score (nSPS) is 10.6.